The fraction of sp³-hybridized carbons (Fsp3) is 0.333. The van der Waals surface area contributed by atoms with Gasteiger partial charge in [-0.05, 0) is 121 Å². The molecule has 0 N–H and O–H groups in total. The van der Waals surface area contributed by atoms with E-state index in [1.165, 1.54) is 100 Å². The van der Waals surface area contributed by atoms with Gasteiger partial charge in [0.15, 0.2) is 0 Å². The maximum Gasteiger partial charge on any atom is 0.00735 e. The first-order valence-corrected chi connectivity index (χ1v) is 17.7. The minimum atomic E-state index is 0. The number of hydrogen-bond donors (Lipinski definition) is 0. The lowest BCUT2D eigenvalue weighted by Crippen LogP contribution is -1.90. The summed E-state index contributed by atoms with van der Waals surface area (Å²) in [6, 6.07) is 40.7. The second-order valence-electron chi connectivity index (χ2n) is 13.9. The number of fused-ring (bicyclic) bond motifs is 9. The molecule has 6 aromatic rings. The number of aryl methyl sites for hydroxylation is 6. The van der Waals surface area contributed by atoms with Gasteiger partial charge < -0.3 is 0 Å². The molecule has 0 bridgehead atoms. The molecule has 0 unspecified atom stereocenters. The molecule has 0 heterocycles. The summed E-state index contributed by atoms with van der Waals surface area (Å²) in [7, 11) is 0. The monoisotopic (exact) mass is 723 g/mol. The Morgan fingerprint density at radius 3 is 0.759 bits per heavy atom. The average Bonchev–Trinajstić information content (AvgIpc) is 3.70. The van der Waals surface area contributed by atoms with Crippen molar-refractivity contribution in [2.24, 2.45) is 0 Å². The Balaban J connectivity index is 0.000000723. The topological polar surface area (TPSA) is 0 Å². The van der Waals surface area contributed by atoms with Crippen LogP contribution in [0.15, 0.2) is 109 Å². The Bertz CT molecular complexity index is 1870. The molecule has 0 aliphatic heterocycles. The van der Waals surface area contributed by atoms with E-state index in [2.05, 4.69) is 158 Å². The summed E-state index contributed by atoms with van der Waals surface area (Å²) in [5.41, 5.74) is 25.6. The van der Waals surface area contributed by atoms with Crippen molar-refractivity contribution in [2.45, 2.75) is 126 Å². The van der Waals surface area contributed by atoms with Crippen LogP contribution in [0.3, 0.4) is 0 Å². The van der Waals surface area contributed by atoms with Crippen LogP contribution >= 0.6 is 0 Å². The number of benzene rings is 6. The van der Waals surface area contributed by atoms with Gasteiger partial charge in [0, 0.05) is 5.92 Å². The van der Waals surface area contributed by atoms with E-state index < -0.39 is 0 Å². The molecule has 3 aliphatic carbocycles. The second kappa shape index (κ2) is 20.7. The Morgan fingerprint density at radius 1 is 0.315 bits per heavy atom. The van der Waals surface area contributed by atoms with Crippen molar-refractivity contribution in [3.05, 3.63) is 176 Å². The lowest BCUT2D eigenvalue weighted by Gasteiger charge is -2.07. The highest BCUT2D eigenvalue weighted by molar-refractivity contribution is 5.80. The van der Waals surface area contributed by atoms with Crippen LogP contribution in [0.2, 0.25) is 0 Å². The maximum absolute atomic E-state index is 2.33. The normalized spacial score (nSPS) is 11.1. The van der Waals surface area contributed by atoms with E-state index in [4.69, 9.17) is 0 Å². The number of hydrogen-bond acceptors (Lipinski definition) is 0. The van der Waals surface area contributed by atoms with Crippen molar-refractivity contribution in [1.29, 1.82) is 0 Å². The Kier molecular flexibility index (Phi) is 18.9. The van der Waals surface area contributed by atoms with Crippen LogP contribution in [0.4, 0.5) is 0 Å². The second-order valence-corrected chi connectivity index (χ2v) is 13.9. The molecule has 0 saturated heterocycles. The molecule has 0 aromatic heterocycles. The quantitative estimate of drug-likeness (QED) is 0.146. The summed E-state index contributed by atoms with van der Waals surface area (Å²) in [5.74, 6) is 0.546. The molecule has 6 aromatic carbocycles. The smallest absolute Gasteiger partial charge is 0.00735 e. The van der Waals surface area contributed by atoms with Gasteiger partial charge in [-0.2, -0.15) is 0 Å². The summed E-state index contributed by atoms with van der Waals surface area (Å²) in [4.78, 5) is 0. The van der Waals surface area contributed by atoms with Gasteiger partial charge in [-0.1, -0.05) is 208 Å². The van der Waals surface area contributed by atoms with E-state index in [1.807, 2.05) is 13.8 Å². The third kappa shape index (κ3) is 9.89. The summed E-state index contributed by atoms with van der Waals surface area (Å²) in [5, 5.41) is 0. The molecule has 0 nitrogen and oxygen atoms in total. The van der Waals surface area contributed by atoms with Gasteiger partial charge in [0.25, 0.3) is 0 Å². The Labute approximate surface area is 333 Å². The van der Waals surface area contributed by atoms with E-state index in [0.29, 0.717) is 5.92 Å². The SMILES string of the molecule is C.C.C.C.C.C.CC.Cc1ccc2c(c1)C(C)c1cc(C)ccc1-2.Cc1ccc2c(c1)Cc1cc(C)ccc1-2.Cc1ccc2c(c1)Cc1cc(C)ccc1-2. The van der Waals surface area contributed by atoms with E-state index in [9.17, 15) is 0 Å². The van der Waals surface area contributed by atoms with Gasteiger partial charge in [-0.15, -0.1) is 0 Å². The van der Waals surface area contributed by atoms with Crippen molar-refractivity contribution in [1.82, 2.24) is 0 Å². The fourth-order valence-corrected chi connectivity index (χ4v) is 7.68. The molecule has 0 radical (unpaired) electrons. The first-order chi connectivity index (χ1) is 23.1. The van der Waals surface area contributed by atoms with E-state index in [1.54, 1.807) is 0 Å². The first kappa shape index (κ1) is 49.3. The van der Waals surface area contributed by atoms with Gasteiger partial charge in [0.2, 0.25) is 0 Å². The van der Waals surface area contributed by atoms with E-state index in [-0.39, 0.29) is 44.6 Å². The third-order valence-electron chi connectivity index (χ3n) is 10.0. The first-order valence-electron chi connectivity index (χ1n) is 17.7. The summed E-state index contributed by atoms with van der Waals surface area (Å²) in [6.07, 6.45) is 2.21. The van der Waals surface area contributed by atoms with Crippen molar-refractivity contribution in [3.8, 4) is 33.4 Å². The van der Waals surface area contributed by atoms with Crippen LogP contribution in [0.1, 0.15) is 138 Å². The summed E-state index contributed by atoms with van der Waals surface area (Å²) in [6.45, 7) is 19.3. The van der Waals surface area contributed by atoms with Crippen LogP contribution in [0.5, 0.6) is 0 Å². The maximum atomic E-state index is 2.33. The third-order valence-corrected chi connectivity index (χ3v) is 10.0. The molecule has 9 rings (SSSR count). The largest absolute Gasteiger partial charge is 0.0776 e. The van der Waals surface area contributed by atoms with Gasteiger partial charge in [-0.25, -0.2) is 0 Å². The molecular formula is C54H74. The molecule has 54 heavy (non-hydrogen) atoms. The summed E-state index contributed by atoms with van der Waals surface area (Å²) < 4.78 is 0. The van der Waals surface area contributed by atoms with Gasteiger partial charge >= 0.3 is 0 Å². The van der Waals surface area contributed by atoms with Crippen molar-refractivity contribution < 1.29 is 0 Å². The van der Waals surface area contributed by atoms with E-state index >= 15 is 0 Å². The molecule has 0 saturated carbocycles. The minimum Gasteiger partial charge on any atom is -0.0776 e. The lowest BCUT2D eigenvalue weighted by molar-refractivity contribution is 0.952. The number of rotatable bonds is 0. The minimum absolute atomic E-state index is 0. The van der Waals surface area contributed by atoms with Crippen molar-refractivity contribution in [3.63, 3.8) is 0 Å². The van der Waals surface area contributed by atoms with Crippen LogP contribution in [-0.2, 0) is 12.8 Å². The predicted octanol–water partition coefficient (Wildman–Crippen LogP) is 17.0. The van der Waals surface area contributed by atoms with Crippen LogP contribution in [0.25, 0.3) is 33.4 Å². The fourth-order valence-electron chi connectivity index (χ4n) is 7.68. The van der Waals surface area contributed by atoms with Gasteiger partial charge in [-0.3, -0.25) is 0 Å². The van der Waals surface area contributed by atoms with Crippen molar-refractivity contribution in [2.75, 3.05) is 0 Å². The highest BCUT2D eigenvalue weighted by atomic mass is 14.3. The van der Waals surface area contributed by atoms with Crippen LogP contribution < -0.4 is 0 Å². The Hall–Kier alpha value is -4.68. The van der Waals surface area contributed by atoms with Crippen LogP contribution in [-0.4, -0.2) is 0 Å². The zero-order valence-electron chi connectivity index (χ0n) is 30.4. The molecule has 290 valence electrons. The van der Waals surface area contributed by atoms with Gasteiger partial charge in [0.1, 0.15) is 0 Å². The molecule has 0 fully saturated rings. The molecule has 3 aliphatic rings. The molecule has 0 spiro atoms. The lowest BCUT2D eigenvalue weighted by atomic mass is 9.97. The van der Waals surface area contributed by atoms with Crippen LogP contribution in [0, 0.1) is 41.5 Å². The standard InChI is InChI=1S/C16H16.2C15H14.C2H6.6CH4/c1-10-4-6-13-14-7-5-11(2)9-16(14)12(3)15(13)8-10;2*1-10-3-5-14-12(7-10)9-13-8-11(2)4-6-15(13)14;1-2;;;;;;/h4-9,12H,1-3H3;2*3-8H,9H2,1-2H3;1-2H3;6*1H4. The average molecular weight is 723 g/mol. The Morgan fingerprint density at radius 2 is 0.519 bits per heavy atom. The molecule has 0 heteroatoms. The zero-order chi connectivity index (χ0) is 34.1. The summed E-state index contributed by atoms with van der Waals surface area (Å²) >= 11 is 0. The molecule has 0 atom stereocenters. The van der Waals surface area contributed by atoms with Gasteiger partial charge in [0.05, 0.1) is 0 Å². The molecule has 0 amide bonds. The highest BCUT2D eigenvalue weighted by Crippen LogP contribution is 2.45. The van der Waals surface area contributed by atoms with Crippen molar-refractivity contribution >= 4 is 0 Å². The zero-order valence-corrected chi connectivity index (χ0v) is 30.4. The van der Waals surface area contributed by atoms with E-state index in [0.717, 1.165) is 12.8 Å². The highest BCUT2D eigenvalue weighted by Gasteiger charge is 2.25. The predicted molar refractivity (Wildman–Crippen MR) is 249 cm³/mol. The molecular weight excluding hydrogens is 649 g/mol.